The van der Waals surface area contributed by atoms with Crippen molar-refractivity contribution < 1.29 is 32.5 Å². The minimum absolute atomic E-state index is 0.0467. The molecule has 3 rings (SSSR count). The molecule has 0 saturated carbocycles. The Morgan fingerprint density at radius 1 is 1.00 bits per heavy atom. The van der Waals surface area contributed by atoms with E-state index >= 15 is 0 Å². The van der Waals surface area contributed by atoms with Gasteiger partial charge < -0.3 is 4.84 Å². The van der Waals surface area contributed by atoms with E-state index in [-0.39, 0.29) is 11.1 Å². The summed E-state index contributed by atoms with van der Waals surface area (Å²) in [5, 5.41) is 11.0. The summed E-state index contributed by atoms with van der Waals surface area (Å²) in [6.07, 6.45) is -5.01. The third kappa shape index (κ3) is 2.77. The van der Waals surface area contributed by atoms with Crippen molar-refractivity contribution in [2.24, 2.45) is 0 Å². The highest BCUT2D eigenvalue weighted by Gasteiger charge is 2.40. The van der Waals surface area contributed by atoms with Crippen LogP contribution in [0.4, 0.5) is 18.9 Å². The Morgan fingerprint density at radius 2 is 1.56 bits per heavy atom. The first-order valence-electron chi connectivity index (χ1n) is 6.71. The number of hydrogen-bond acceptors (Lipinski definition) is 5. The number of amides is 2. The van der Waals surface area contributed by atoms with E-state index in [0.29, 0.717) is 17.2 Å². The Hall–Kier alpha value is -3.43. The second-order valence-corrected chi connectivity index (χ2v) is 4.98. The van der Waals surface area contributed by atoms with E-state index in [4.69, 9.17) is 4.84 Å². The number of alkyl halides is 3. The molecule has 2 aromatic rings. The van der Waals surface area contributed by atoms with Gasteiger partial charge >= 0.3 is 6.18 Å². The summed E-state index contributed by atoms with van der Waals surface area (Å²) < 4.78 is 38.9. The summed E-state index contributed by atoms with van der Waals surface area (Å²) in [5.41, 5.74) is -2.62. The highest BCUT2D eigenvalue weighted by molar-refractivity contribution is 6.20. The molecule has 1 heterocycles. The third-order valence-corrected chi connectivity index (χ3v) is 3.42. The highest BCUT2D eigenvalue weighted by atomic mass is 19.4. The van der Waals surface area contributed by atoms with Gasteiger partial charge in [-0.2, -0.15) is 13.2 Å². The monoisotopic (exact) mass is 352 g/mol. The molecule has 0 atom stereocenters. The van der Waals surface area contributed by atoms with Gasteiger partial charge in [0.1, 0.15) is 5.56 Å². The summed E-state index contributed by atoms with van der Waals surface area (Å²) >= 11 is 0. The number of carbonyl (C=O) groups excluding carboxylic acids is 2. The van der Waals surface area contributed by atoms with Crippen molar-refractivity contribution in [1.29, 1.82) is 0 Å². The average molecular weight is 352 g/mol. The minimum atomic E-state index is -5.01. The summed E-state index contributed by atoms with van der Waals surface area (Å²) in [6, 6.07) is 7.60. The van der Waals surface area contributed by atoms with Crippen LogP contribution in [0.3, 0.4) is 0 Å². The van der Waals surface area contributed by atoms with Crippen molar-refractivity contribution >= 4 is 17.5 Å². The number of imide groups is 1. The molecule has 0 unspecified atom stereocenters. The minimum Gasteiger partial charge on any atom is -0.368 e. The summed E-state index contributed by atoms with van der Waals surface area (Å²) in [4.78, 5) is 38.7. The van der Waals surface area contributed by atoms with Gasteiger partial charge in [0.25, 0.3) is 17.5 Å². The zero-order chi connectivity index (χ0) is 18.4. The van der Waals surface area contributed by atoms with Crippen molar-refractivity contribution in [3.8, 4) is 5.75 Å². The van der Waals surface area contributed by atoms with Gasteiger partial charge in [-0.25, -0.2) is 0 Å². The van der Waals surface area contributed by atoms with E-state index in [0.717, 1.165) is 6.07 Å². The molecule has 0 spiro atoms. The number of benzene rings is 2. The van der Waals surface area contributed by atoms with Crippen LogP contribution in [0.5, 0.6) is 5.75 Å². The quantitative estimate of drug-likeness (QED) is 0.481. The lowest BCUT2D eigenvalue weighted by molar-refractivity contribution is -0.388. The normalized spacial score (nSPS) is 13.8. The summed E-state index contributed by atoms with van der Waals surface area (Å²) in [7, 11) is 0. The van der Waals surface area contributed by atoms with Gasteiger partial charge in [0.15, 0.2) is 5.75 Å². The van der Waals surface area contributed by atoms with Gasteiger partial charge in [0, 0.05) is 12.1 Å². The third-order valence-electron chi connectivity index (χ3n) is 3.42. The van der Waals surface area contributed by atoms with Gasteiger partial charge in [-0.05, 0) is 18.2 Å². The molecule has 7 nitrogen and oxygen atoms in total. The Kier molecular flexibility index (Phi) is 3.67. The zero-order valence-corrected chi connectivity index (χ0v) is 12.1. The van der Waals surface area contributed by atoms with Crippen LogP contribution in [-0.2, 0) is 6.18 Å². The van der Waals surface area contributed by atoms with Crippen LogP contribution < -0.4 is 4.84 Å². The summed E-state index contributed by atoms with van der Waals surface area (Å²) in [5.74, 6) is -2.22. The maximum Gasteiger partial charge on any atom is 0.423 e. The molecule has 2 amide bonds. The molecule has 0 aromatic heterocycles. The smallest absolute Gasteiger partial charge is 0.368 e. The first-order chi connectivity index (χ1) is 11.7. The molecule has 2 aromatic carbocycles. The van der Waals surface area contributed by atoms with Gasteiger partial charge in [0.2, 0.25) is 0 Å². The molecule has 0 fully saturated rings. The van der Waals surface area contributed by atoms with Crippen LogP contribution in [0.2, 0.25) is 0 Å². The highest BCUT2D eigenvalue weighted by Crippen LogP contribution is 2.38. The summed E-state index contributed by atoms with van der Waals surface area (Å²) in [6.45, 7) is 0. The Bertz CT molecular complexity index is 875. The molecule has 0 aliphatic carbocycles. The zero-order valence-electron chi connectivity index (χ0n) is 12.1. The first-order valence-corrected chi connectivity index (χ1v) is 6.71. The van der Waals surface area contributed by atoms with Gasteiger partial charge in [0.05, 0.1) is 16.1 Å². The van der Waals surface area contributed by atoms with Crippen LogP contribution in [0, 0.1) is 10.1 Å². The van der Waals surface area contributed by atoms with Gasteiger partial charge in [-0.3, -0.25) is 19.7 Å². The molecular formula is C15H7F3N2O5. The van der Waals surface area contributed by atoms with Crippen LogP contribution in [-0.4, -0.2) is 21.8 Å². The molecule has 0 saturated heterocycles. The number of halogens is 3. The standard InChI is InChI=1S/C15H7F3N2O5/c16-15(17,18)11-7-8(5-6-12(11)20(23)24)25-19-13(21)9-3-1-2-4-10(9)14(19)22/h1-7H. The SMILES string of the molecule is O=C1c2ccccc2C(=O)N1Oc1ccc([N+](=O)[O-])c(C(F)(F)F)c1. The number of fused-ring (bicyclic) bond motifs is 1. The number of carbonyl (C=O) groups is 2. The number of nitro groups is 1. The van der Waals surface area contributed by atoms with E-state index in [1.165, 1.54) is 24.3 Å². The van der Waals surface area contributed by atoms with Crippen molar-refractivity contribution in [3.63, 3.8) is 0 Å². The average Bonchev–Trinajstić information content (AvgIpc) is 2.79. The molecule has 0 bridgehead atoms. The van der Waals surface area contributed by atoms with Crippen molar-refractivity contribution in [2.75, 3.05) is 0 Å². The fraction of sp³-hybridized carbons (Fsp3) is 0.0667. The van der Waals surface area contributed by atoms with E-state index in [2.05, 4.69) is 0 Å². The van der Waals surface area contributed by atoms with Crippen molar-refractivity contribution in [2.45, 2.75) is 6.18 Å². The number of hydroxylamine groups is 2. The topological polar surface area (TPSA) is 89.8 Å². The lowest BCUT2D eigenvalue weighted by Gasteiger charge is -2.15. The van der Waals surface area contributed by atoms with Gasteiger partial charge in [-0.1, -0.05) is 17.2 Å². The van der Waals surface area contributed by atoms with E-state index in [1.54, 1.807) is 0 Å². The fourth-order valence-electron chi connectivity index (χ4n) is 2.31. The number of hydrogen-bond donors (Lipinski definition) is 0. The Labute approximate surface area is 137 Å². The number of nitrogens with zero attached hydrogens (tertiary/aromatic N) is 2. The van der Waals surface area contributed by atoms with E-state index in [1.807, 2.05) is 0 Å². The molecule has 1 aliphatic heterocycles. The molecule has 128 valence electrons. The van der Waals surface area contributed by atoms with Crippen molar-refractivity contribution in [1.82, 2.24) is 5.06 Å². The van der Waals surface area contributed by atoms with E-state index < -0.39 is 39.9 Å². The molecule has 0 N–H and O–H groups in total. The Morgan fingerprint density at radius 3 is 2.04 bits per heavy atom. The second-order valence-electron chi connectivity index (χ2n) is 4.98. The molecule has 10 heteroatoms. The number of rotatable bonds is 3. The van der Waals surface area contributed by atoms with Crippen LogP contribution in [0.1, 0.15) is 26.3 Å². The molecule has 25 heavy (non-hydrogen) atoms. The van der Waals surface area contributed by atoms with Crippen LogP contribution >= 0.6 is 0 Å². The predicted octanol–water partition coefficient (Wildman–Crippen LogP) is 3.20. The fourth-order valence-corrected chi connectivity index (χ4v) is 2.31. The molecule has 0 radical (unpaired) electrons. The maximum absolute atomic E-state index is 13.0. The van der Waals surface area contributed by atoms with Crippen LogP contribution in [0.15, 0.2) is 42.5 Å². The maximum atomic E-state index is 13.0. The first kappa shape index (κ1) is 16.4. The predicted molar refractivity (Wildman–Crippen MR) is 75.7 cm³/mol. The lowest BCUT2D eigenvalue weighted by Crippen LogP contribution is -2.33. The number of nitro benzene ring substituents is 1. The van der Waals surface area contributed by atoms with Crippen LogP contribution in [0.25, 0.3) is 0 Å². The molecule has 1 aliphatic rings. The Balaban J connectivity index is 1.96. The largest absolute Gasteiger partial charge is 0.423 e. The van der Waals surface area contributed by atoms with E-state index in [9.17, 15) is 32.9 Å². The second kappa shape index (κ2) is 5.58. The van der Waals surface area contributed by atoms with Crippen molar-refractivity contribution in [3.05, 3.63) is 69.3 Å². The molecular weight excluding hydrogens is 345 g/mol. The lowest BCUT2D eigenvalue weighted by atomic mass is 10.1. The van der Waals surface area contributed by atoms with Gasteiger partial charge in [-0.15, -0.1) is 0 Å².